The summed E-state index contributed by atoms with van der Waals surface area (Å²) in [5.41, 5.74) is 3.13. The van der Waals surface area contributed by atoms with Crippen molar-refractivity contribution in [3.63, 3.8) is 0 Å². The molecule has 0 aliphatic rings. The largest absolute Gasteiger partial charge is 0.461 e. The number of carbonyl (C=O) groups is 1. The number of nitrogens with one attached hydrogen (secondary N) is 1. The number of hydrogen-bond acceptors (Lipinski definition) is 4. The average Bonchev–Trinajstić information content (AvgIpc) is 2.94. The Morgan fingerprint density at radius 1 is 1.40 bits per heavy atom. The van der Waals surface area contributed by atoms with Gasteiger partial charge in [0.05, 0.1) is 18.4 Å². The maximum absolute atomic E-state index is 11.7. The summed E-state index contributed by atoms with van der Waals surface area (Å²) in [5, 5.41) is 15.2. The Bertz CT molecular complexity index is 623. The first-order valence-electron chi connectivity index (χ1n) is 6.37. The topological polar surface area (TPSA) is 78.8 Å². The molecule has 0 aliphatic carbocycles. The third-order valence-corrected chi connectivity index (χ3v) is 2.81. The number of H-pyrrole nitrogens is 1. The molecule has 2 aromatic rings. The number of nitriles is 1. The van der Waals surface area contributed by atoms with Gasteiger partial charge >= 0.3 is 5.97 Å². The Kier molecular flexibility index (Phi) is 4.51. The first kappa shape index (κ1) is 13.8. The number of esters is 1. The molecule has 0 bridgehead atoms. The molecule has 2 rings (SSSR count). The number of aromatic nitrogens is 2. The summed E-state index contributed by atoms with van der Waals surface area (Å²) in [7, 11) is 0. The summed E-state index contributed by atoms with van der Waals surface area (Å²) < 4.78 is 5.04. The fourth-order valence-electron chi connectivity index (χ4n) is 1.69. The first-order valence-corrected chi connectivity index (χ1v) is 6.37. The van der Waals surface area contributed by atoms with E-state index in [4.69, 9.17) is 10.00 Å². The van der Waals surface area contributed by atoms with Crippen LogP contribution >= 0.6 is 0 Å². The van der Waals surface area contributed by atoms with Gasteiger partial charge in [0.15, 0.2) is 0 Å². The Labute approximate surface area is 117 Å². The molecule has 102 valence electrons. The van der Waals surface area contributed by atoms with Crippen molar-refractivity contribution in [2.75, 3.05) is 6.61 Å². The predicted molar refractivity (Wildman–Crippen MR) is 73.9 cm³/mol. The van der Waals surface area contributed by atoms with E-state index in [9.17, 15) is 4.79 Å². The van der Waals surface area contributed by atoms with Gasteiger partial charge in [0.1, 0.15) is 5.69 Å². The molecule has 0 unspecified atom stereocenters. The summed E-state index contributed by atoms with van der Waals surface area (Å²) >= 11 is 0. The number of rotatable bonds is 5. The maximum atomic E-state index is 11.7. The van der Waals surface area contributed by atoms with Crippen molar-refractivity contribution >= 4 is 5.97 Å². The molecule has 5 heteroatoms. The molecule has 1 heterocycles. The van der Waals surface area contributed by atoms with Crippen molar-refractivity contribution in [2.45, 2.75) is 19.8 Å². The minimum atomic E-state index is -0.450. The summed E-state index contributed by atoms with van der Waals surface area (Å²) in [5.74, 6) is -0.450. The van der Waals surface area contributed by atoms with E-state index < -0.39 is 5.97 Å². The lowest BCUT2D eigenvalue weighted by Crippen LogP contribution is -2.06. The zero-order chi connectivity index (χ0) is 14.4. The molecule has 0 saturated carbocycles. The van der Waals surface area contributed by atoms with Gasteiger partial charge in [-0.1, -0.05) is 29.8 Å². The van der Waals surface area contributed by atoms with Gasteiger partial charge in [-0.05, 0) is 19.4 Å². The van der Waals surface area contributed by atoms with Crippen molar-refractivity contribution in [1.29, 1.82) is 5.26 Å². The number of hydrogen-bond donors (Lipinski definition) is 1. The van der Waals surface area contributed by atoms with Gasteiger partial charge in [0.25, 0.3) is 0 Å². The van der Waals surface area contributed by atoms with E-state index in [0.717, 1.165) is 5.56 Å². The van der Waals surface area contributed by atoms with Crippen LogP contribution in [0.25, 0.3) is 11.3 Å². The predicted octanol–water partition coefficient (Wildman–Crippen LogP) is 2.85. The number of aromatic amines is 1. The highest BCUT2D eigenvalue weighted by molar-refractivity contribution is 5.88. The Morgan fingerprint density at radius 2 is 2.15 bits per heavy atom. The quantitative estimate of drug-likeness (QED) is 0.668. The molecule has 1 aromatic carbocycles. The summed E-state index contributed by atoms with van der Waals surface area (Å²) in [6, 6.07) is 11.5. The van der Waals surface area contributed by atoms with Gasteiger partial charge in [-0.2, -0.15) is 10.4 Å². The fourth-order valence-corrected chi connectivity index (χ4v) is 1.69. The zero-order valence-electron chi connectivity index (χ0n) is 11.2. The number of nitrogens with zero attached hydrogens (tertiary/aromatic N) is 2. The molecular formula is C15H15N3O2. The van der Waals surface area contributed by atoms with Crippen LogP contribution in [0.4, 0.5) is 0 Å². The number of carbonyl (C=O) groups excluding carboxylic acids is 1. The molecule has 0 amide bonds. The average molecular weight is 269 g/mol. The van der Waals surface area contributed by atoms with Crippen LogP contribution in [0.3, 0.4) is 0 Å². The Morgan fingerprint density at radius 3 is 2.85 bits per heavy atom. The van der Waals surface area contributed by atoms with Gasteiger partial charge in [0, 0.05) is 12.0 Å². The molecule has 1 N–H and O–H groups in total. The highest BCUT2D eigenvalue weighted by atomic mass is 16.5. The van der Waals surface area contributed by atoms with E-state index in [0.29, 0.717) is 24.2 Å². The lowest BCUT2D eigenvalue weighted by atomic mass is 10.1. The molecule has 0 saturated heterocycles. The second-order valence-corrected chi connectivity index (χ2v) is 4.43. The van der Waals surface area contributed by atoms with E-state index in [1.54, 1.807) is 6.07 Å². The van der Waals surface area contributed by atoms with Crippen LogP contribution in [-0.2, 0) is 4.74 Å². The number of ether oxygens (including phenoxy) is 1. The molecule has 5 nitrogen and oxygen atoms in total. The molecule has 0 fully saturated rings. The van der Waals surface area contributed by atoms with E-state index in [1.807, 2.05) is 37.3 Å². The van der Waals surface area contributed by atoms with Gasteiger partial charge in [-0.25, -0.2) is 4.79 Å². The highest BCUT2D eigenvalue weighted by Crippen LogP contribution is 2.18. The molecule has 0 spiro atoms. The first-order chi connectivity index (χ1) is 9.70. The van der Waals surface area contributed by atoms with Crippen molar-refractivity contribution in [3.8, 4) is 17.3 Å². The minimum Gasteiger partial charge on any atom is -0.461 e. The number of benzene rings is 1. The molecule has 20 heavy (non-hydrogen) atoms. The zero-order valence-corrected chi connectivity index (χ0v) is 11.2. The van der Waals surface area contributed by atoms with Gasteiger partial charge < -0.3 is 4.74 Å². The van der Waals surface area contributed by atoms with Crippen LogP contribution in [0, 0.1) is 18.3 Å². The van der Waals surface area contributed by atoms with E-state index in [1.165, 1.54) is 5.56 Å². The van der Waals surface area contributed by atoms with Gasteiger partial charge in [-0.15, -0.1) is 0 Å². The van der Waals surface area contributed by atoms with Crippen molar-refractivity contribution in [3.05, 3.63) is 41.6 Å². The molecular weight excluding hydrogens is 254 g/mol. The van der Waals surface area contributed by atoms with Gasteiger partial charge in [0.2, 0.25) is 0 Å². The normalized spacial score (nSPS) is 10.0. The van der Waals surface area contributed by atoms with Crippen molar-refractivity contribution in [2.24, 2.45) is 0 Å². The second kappa shape index (κ2) is 6.53. The van der Waals surface area contributed by atoms with Crippen LogP contribution in [-0.4, -0.2) is 22.8 Å². The minimum absolute atomic E-state index is 0.241. The van der Waals surface area contributed by atoms with E-state index in [2.05, 4.69) is 10.2 Å². The summed E-state index contributed by atoms with van der Waals surface area (Å²) in [4.78, 5) is 11.7. The molecule has 0 atom stereocenters. The molecule has 1 aromatic heterocycles. The molecule has 0 radical (unpaired) electrons. The van der Waals surface area contributed by atoms with Crippen LogP contribution < -0.4 is 0 Å². The van der Waals surface area contributed by atoms with Crippen LogP contribution in [0.2, 0.25) is 0 Å². The Hall–Kier alpha value is -2.61. The number of unbranched alkanes of at least 4 members (excludes halogenated alkanes) is 1. The highest BCUT2D eigenvalue weighted by Gasteiger charge is 2.12. The van der Waals surface area contributed by atoms with E-state index >= 15 is 0 Å². The smallest absolute Gasteiger partial charge is 0.356 e. The monoisotopic (exact) mass is 269 g/mol. The number of aryl methyl sites for hydroxylation is 1. The standard InChI is InChI=1S/C15H15N3O2/c1-11-4-6-12(7-5-11)13-10-14(18-17-13)15(19)20-9-3-2-8-16/h4-7,10H,2-3,9H2,1H3,(H,17,18). The second-order valence-electron chi connectivity index (χ2n) is 4.43. The maximum Gasteiger partial charge on any atom is 0.356 e. The van der Waals surface area contributed by atoms with Crippen molar-refractivity contribution < 1.29 is 9.53 Å². The lowest BCUT2D eigenvalue weighted by molar-refractivity contribution is 0.0495. The Balaban J connectivity index is 2.00. The van der Waals surface area contributed by atoms with Crippen LogP contribution in [0.5, 0.6) is 0 Å². The van der Waals surface area contributed by atoms with E-state index in [-0.39, 0.29) is 6.61 Å². The third kappa shape index (κ3) is 3.45. The van der Waals surface area contributed by atoms with Crippen molar-refractivity contribution in [1.82, 2.24) is 10.2 Å². The van der Waals surface area contributed by atoms with Crippen LogP contribution in [0.1, 0.15) is 28.9 Å². The SMILES string of the molecule is Cc1ccc(-c2cc(C(=O)OCCCC#N)[nH]n2)cc1. The fraction of sp³-hybridized carbons (Fsp3) is 0.267. The van der Waals surface area contributed by atoms with Crippen LogP contribution in [0.15, 0.2) is 30.3 Å². The summed E-state index contributed by atoms with van der Waals surface area (Å²) in [6.07, 6.45) is 0.923. The van der Waals surface area contributed by atoms with Gasteiger partial charge in [-0.3, -0.25) is 5.10 Å². The molecule has 0 aliphatic heterocycles. The third-order valence-electron chi connectivity index (χ3n) is 2.81. The lowest BCUT2D eigenvalue weighted by Gasteiger charge is -1.99. The summed E-state index contributed by atoms with van der Waals surface area (Å²) in [6.45, 7) is 2.25.